The zero-order valence-corrected chi connectivity index (χ0v) is 20.5. The molecule has 3 aromatic carbocycles. The third kappa shape index (κ3) is 4.88. The van der Waals surface area contributed by atoms with Crippen LogP contribution in [0.15, 0.2) is 59.1 Å². The molecule has 1 aliphatic rings. The minimum Gasteiger partial charge on any atom is -0.397 e. The van der Waals surface area contributed by atoms with Crippen molar-refractivity contribution in [2.75, 3.05) is 11.1 Å². The normalized spacial score (nSPS) is 12.4. The summed E-state index contributed by atoms with van der Waals surface area (Å²) in [7, 11) is 0. The van der Waals surface area contributed by atoms with Crippen LogP contribution in [0.5, 0.6) is 0 Å². The van der Waals surface area contributed by atoms with Gasteiger partial charge in [0.25, 0.3) is 0 Å². The quantitative estimate of drug-likeness (QED) is 0.183. The third-order valence-electron chi connectivity index (χ3n) is 6.24. The van der Waals surface area contributed by atoms with Crippen LogP contribution >= 0.6 is 15.9 Å². The lowest BCUT2D eigenvalue weighted by atomic mass is 9.82. The van der Waals surface area contributed by atoms with Gasteiger partial charge < -0.3 is 11.1 Å². The average molecular weight is 505 g/mol. The predicted molar refractivity (Wildman–Crippen MR) is 139 cm³/mol. The second-order valence-electron chi connectivity index (χ2n) is 8.61. The molecule has 5 heteroatoms. The number of hydrogen-bond donors (Lipinski definition) is 2. The smallest absolute Gasteiger partial charge is 0.196 e. The molecule has 0 saturated carbocycles. The van der Waals surface area contributed by atoms with Gasteiger partial charge >= 0.3 is 0 Å². The first-order chi connectivity index (χ1) is 16.0. The second-order valence-corrected chi connectivity index (χ2v) is 9.47. The molecule has 3 aromatic rings. The maximum Gasteiger partial charge on any atom is 0.196 e. The zero-order valence-electron chi connectivity index (χ0n) is 18.9. The number of anilines is 3. The van der Waals surface area contributed by atoms with Gasteiger partial charge in [-0.2, -0.15) is 0 Å². The number of unbranched alkanes of at least 4 members (excludes halogenated alkanes) is 5. The van der Waals surface area contributed by atoms with Crippen molar-refractivity contribution in [1.29, 1.82) is 0 Å². The van der Waals surface area contributed by atoms with Crippen molar-refractivity contribution in [2.24, 2.45) is 0 Å². The highest BCUT2D eigenvalue weighted by Gasteiger charge is 2.34. The fourth-order valence-electron chi connectivity index (χ4n) is 4.40. The van der Waals surface area contributed by atoms with E-state index in [0.717, 1.165) is 12.1 Å². The van der Waals surface area contributed by atoms with E-state index in [2.05, 4.69) is 40.3 Å². The van der Waals surface area contributed by atoms with Crippen LogP contribution in [-0.4, -0.2) is 11.6 Å². The molecule has 3 N–H and O–H groups in total. The molecule has 0 fully saturated rings. The van der Waals surface area contributed by atoms with Crippen LogP contribution in [0.2, 0.25) is 0 Å². The van der Waals surface area contributed by atoms with Gasteiger partial charge in [-0.25, -0.2) is 0 Å². The van der Waals surface area contributed by atoms with E-state index in [4.69, 9.17) is 5.73 Å². The third-order valence-corrected chi connectivity index (χ3v) is 6.90. The molecule has 0 bridgehead atoms. The second kappa shape index (κ2) is 10.3. The van der Waals surface area contributed by atoms with Gasteiger partial charge in [0.15, 0.2) is 11.6 Å². The number of halogens is 1. The lowest BCUT2D eigenvalue weighted by molar-refractivity contribution is 0.0980. The summed E-state index contributed by atoms with van der Waals surface area (Å²) in [6, 6.07) is 17.0. The van der Waals surface area contributed by atoms with Crippen molar-refractivity contribution in [2.45, 2.75) is 51.9 Å². The molecular formula is C28H29BrN2O2. The standard InChI is InChI=1S/C28H29BrN2O2/c1-2-3-4-5-6-7-10-18-13-15-19(16-14-18)31-23-17-22(29)26(30)25-24(23)27(32)20-11-8-9-12-21(20)28(25)33/h8-9,11-17,31H,2-7,10,30H2,1H3. The van der Waals surface area contributed by atoms with Crippen LogP contribution in [0, 0.1) is 0 Å². The highest BCUT2D eigenvalue weighted by Crippen LogP contribution is 2.40. The summed E-state index contributed by atoms with van der Waals surface area (Å²) in [6.07, 6.45) is 8.76. The summed E-state index contributed by atoms with van der Waals surface area (Å²) in [5.74, 6) is -0.419. The van der Waals surface area contributed by atoms with E-state index in [1.165, 1.54) is 44.1 Å². The van der Waals surface area contributed by atoms with Gasteiger partial charge in [-0.3, -0.25) is 9.59 Å². The topological polar surface area (TPSA) is 72.2 Å². The van der Waals surface area contributed by atoms with Crippen molar-refractivity contribution in [3.8, 4) is 0 Å². The van der Waals surface area contributed by atoms with Crippen molar-refractivity contribution in [3.63, 3.8) is 0 Å². The van der Waals surface area contributed by atoms with Gasteiger partial charge in [-0.15, -0.1) is 0 Å². The summed E-state index contributed by atoms with van der Waals surface area (Å²) < 4.78 is 0.587. The van der Waals surface area contributed by atoms with Crippen LogP contribution in [0.25, 0.3) is 0 Å². The fourth-order valence-corrected chi connectivity index (χ4v) is 4.83. The number of nitrogens with one attached hydrogen (secondary N) is 1. The maximum absolute atomic E-state index is 13.3. The minimum absolute atomic E-state index is 0.193. The van der Waals surface area contributed by atoms with Crippen LogP contribution in [0.1, 0.15) is 82.9 Å². The number of benzene rings is 3. The van der Waals surface area contributed by atoms with E-state index in [0.29, 0.717) is 26.9 Å². The summed E-state index contributed by atoms with van der Waals surface area (Å²) >= 11 is 3.46. The predicted octanol–water partition coefficient (Wildman–Crippen LogP) is 7.45. The highest BCUT2D eigenvalue weighted by molar-refractivity contribution is 9.10. The number of carbonyl (C=O) groups is 2. The molecule has 0 spiro atoms. The molecule has 170 valence electrons. The first kappa shape index (κ1) is 23.2. The van der Waals surface area contributed by atoms with E-state index >= 15 is 0 Å². The Morgan fingerprint density at radius 2 is 1.42 bits per heavy atom. The van der Waals surface area contributed by atoms with Gasteiger partial charge in [0.2, 0.25) is 0 Å². The number of fused-ring (bicyclic) bond motifs is 2. The summed E-state index contributed by atoms with van der Waals surface area (Å²) in [4.78, 5) is 26.5. The molecule has 33 heavy (non-hydrogen) atoms. The molecule has 0 heterocycles. The van der Waals surface area contributed by atoms with E-state index in [1.807, 2.05) is 12.1 Å². The first-order valence-electron chi connectivity index (χ1n) is 11.7. The molecule has 4 rings (SSSR count). The Hall–Kier alpha value is -2.92. The Labute approximate surface area is 203 Å². The Kier molecular flexibility index (Phi) is 7.29. The Balaban J connectivity index is 1.54. The molecule has 0 aromatic heterocycles. The van der Waals surface area contributed by atoms with Crippen LogP contribution < -0.4 is 11.1 Å². The Morgan fingerprint density at radius 1 is 0.818 bits per heavy atom. The molecule has 0 aliphatic heterocycles. The van der Waals surface area contributed by atoms with Gasteiger partial charge in [-0.1, -0.05) is 75.4 Å². The lowest BCUT2D eigenvalue weighted by Gasteiger charge is -2.23. The van der Waals surface area contributed by atoms with Gasteiger partial charge in [0, 0.05) is 21.3 Å². The molecule has 0 atom stereocenters. The van der Waals surface area contributed by atoms with E-state index < -0.39 is 0 Å². The minimum atomic E-state index is -0.226. The molecular weight excluding hydrogens is 476 g/mol. The number of nitrogen functional groups attached to an aromatic ring is 1. The number of carbonyl (C=O) groups excluding carboxylic acids is 2. The van der Waals surface area contributed by atoms with E-state index in [9.17, 15) is 9.59 Å². The molecule has 4 nitrogen and oxygen atoms in total. The van der Waals surface area contributed by atoms with Gasteiger partial charge in [-0.05, 0) is 52.5 Å². The number of nitrogens with two attached hydrogens (primary N) is 1. The molecule has 0 amide bonds. The van der Waals surface area contributed by atoms with Crippen molar-refractivity contribution < 1.29 is 9.59 Å². The van der Waals surface area contributed by atoms with Crippen molar-refractivity contribution in [3.05, 3.63) is 86.9 Å². The summed E-state index contributed by atoms with van der Waals surface area (Å²) in [5, 5.41) is 3.34. The van der Waals surface area contributed by atoms with Crippen LogP contribution in [-0.2, 0) is 6.42 Å². The SMILES string of the molecule is CCCCCCCCc1ccc(Nc2cc(Br)c(N)c3c2C(=O)c2ccccc2C3=O)cc1. The van der Waals surface area contributed by atoms with E-state index in [1.54, 1.807) is 30.3 Å². The zero-order chi connectivity index (χ0) is 23.4. The summed E-state index contributed by atoms with van der Waals surface area (Å²) in [5.41, 5.74) is 10.7. The van der Waals surface area contributed by atoms with Crippen molar-refractivity contribution >= 4 is 44.6 Å². The number of ketones is 2. The Bertz CT molecular complexity index is 1190. The lowest BCUT2D eigenvalue weighted by Crippen LogP contribution is -2.23. The number of hydrogen-bond acceptors (Lipinski definition) is 4. The Morgan fingerprint density at radius 3 is 2.09 bits per heavy atom. The first-order valence-corrected chi connectivity index (χ1v) is 12.5. The van der Waals surface area contributed by atoms with Gasteiger partial charge in [0.05, 0.1) is 22.5 Å². The largest absolute Gasteiger partial charge is 0.397 e. The maximum atomic E-state index is 13.3. The van der Waals surface area contributed by atoms with Gasteiger partial charge in [0.1, 0.15) is 0 Å². The molecule has 0 unspecified atom stereocenters. The number of rotatable bonds is 9. The number of aryl methyl sites for hydroxylation is 1. The highest BCUT2D eigenvalue weighted by atomic mass is 79.9. The van der Waals surface area contributed by atoms with E-state index in [-0.39, 0.29) is 22.8 Å². The molecule has 0 saturated heterocycles. The van der Waals surface area contributed by atoms with Crippen LogP contribution in [0.4, 0.5) is 17.1 Å². The average Bonchev–Trinajstić information content (AvgIpc) is 2.83. The summed E-state index contributed by atoms with van der Waals surface area (Å²) in [6.45, 7) is 2.24. The van der Waals surface area contributed by atoms with Crippen LogP contribution in [0.3, 0.4) is 0 Å². The molecule has 0 radical (unpaired) electrons. The van der Waals surface area contributed by atoms with Crippen molar-refractivity contribution in [1.82, 2.24) is 0 Å². The molecule has 1 aliphatic carbocycles. The fraction of sp³-hybridized carbons (Fsp3) is 0.286. The monoisotopic (exact) mass is 504 g/mol.